The summed E-state index contributed by atoms with van der Waals surface area (Å²) in [5.74, 6) is -6.00. The van der Waals surface area contributed by atoms with Crippen molar-refractivity contribution in [1.29, 1.82) is 0 Å². The van der Waals surface area contributed by atoms with E-state index in [2.05, 4.69) is 20.3 Å². The van der Waals surface area contributed by atoms with Crippen LogP contribution < -0.4 is 10.9 Å². The number of benzene rings is 1. The van der Waals surface area contributed by atoms with Crippen LogP contribution in [0.5, 0.6) is 0 Å². The van der Waals surface area contributed by atoms with E-state index in [-0.39, 0.29) is 23.7 Å². The number of carbonyl (C=O) groups is 3. The van der Waals surface area contributed by atoms with Crippen molar-refractivity contribution >= 4 is 23.5 Å². The molecule has 1 aliphatic rings. The summed E-state index contributed by atoms with van der Waals surface area (Å²) >= 11 is 0. The van der Waals surface area contributed by atoms with Gasteiger partial charge in [-0.15, -0.1) is 0 Å². The molecule has 2 aromatic heterocycles. The first-order valence-electron chi connectivity index (χ1n) is 12.4. The molecule has 0 unspecified atom stereocenters. The molecule has 4 N–H and O–H groups in total. The number of carboxylic acid groups (broad SMARTS) is 2. The smallest absolute Gasteiger partial charge is 0.475 e. The number of aliphatic carboxylic acids is 2. The van der Waals surface area contributed by atoms with E-state index in [4.69, 9.17) is 19.8 Å². The Morgan fingerprint density at radius 3 is 1.98 bits per heavy atom. The number of piperidine rings is 1. The molecule has 0 aliphatic carbocycles. The zero-order chi connectivity index (χ0) is 32.4. The zero-order valence-corrected chi connectivity index (χ0v) is 22.1. The second-order valence-electron chi connectivity index (χ2n) is 8.97. The Kier molecular flexibility index (Phi) is 12.2. The van der Waals surface area contributed by atoms with Gasteiger partial charge in [0.15, 0.2) is 5.65 Å². The van der Waals surface area contributed by atoms with Crippen molar-refractivity contribution in [3.8, 4) is 11.1 Å². The summed E-state index contributed by atoms with van der Waals surface area (Å²) < 4.78 is 78.0. The average Bonchev–Trinajstić information content (AvgIpc) is 3.34. The van der Waals surface area contributed by atoms with E-state index < -0.39 is 24.3 Å². The van der Waals surface area contributed by atoms with Crippen LogP contribution in [0.25, 0.3) is 16.8 Å². The fraction of sp³-hybridized carbons (Fsp3) is 0.400. The highest BCUT2D eigenvalue weighted by Gasteiger charge is 2.38. The van der Waals surface area contributed by atoms with Gasteiger partial charge in [0, 0.05) is 30.9 Å². The number of halogens is 7. The van der Waals surface area contributed by atoms with Gasteiger partial charge in [0.05, 0.1) is 12.1 Å². The molecule has 3 heterocycles. The predicted molar refractivity (Wildman–Crippen MR) is 136 cm³/mol. The summed E-state index contributed by atoms with van der Waals surface area (Å²) in [6, 6.07) is 7.34. The van der Waals surface area contributed by atoms with Crippen molar-refractivity contribution in [3.63, 3.8) is 0 Å². The number of nitrogens with one attached hydrogen (secondary N) is 2. The van der Waals surface area contributed by atoms with E-state index in [9.17, 15) is 40.3 Å². The Hall–Kier alpha value is -4.48. The number of aromatic nitrogens is 3. The van der Waals surface area contributed by atoms with Gasteiger partial charge in [-0.2, -0.15) is 26.3 Å². The number of fused-ring (bicyclic) bond motifs is 1. The molecule has 236 valence electrons. The quantitative estimate of drug-likeness (QED) is 0.304. The third kappa shape index (κ3) is 11.4. The Labute approximate surface area is 237 Å². The lowest BCUT2D eigenvalue weighted by Gasteiger charge is -2.26. The van der Waals surface area contributed by atoms with Crippen LogP contribution in [0.3, 0.4) is 0 Å². The molecule has 43 heavy (non-hydrogen) atoms. The summed E-state index contributed by atoms with van der Waals surface area (Å²) in [6.07, 6.45) is -4.76. The number of amides is 1. The van der Waals surface area contributed by atoms with Gasteiger partial charge >= 0.3 is 24.3 Å². The van der Waals surface area contributed by atoms with Crippen LogP contribution in [0, 0.1) is 5.82 Å². The molecule has 0 radical (unpaired) electrons. The lowest BCUT2D eigenvalue weighted by atomic mass is 10.1. The van der Waals surface area contributed by atoms with Crippen molar-refractivity contribution in [2.75, 3.05) is 26.2 Å². The van der Waals surface area contributed by atoms with Crippen LogP contribution in [-0.2, 0) is 20.8 Å². The molecule has 1 saturated heterocycles. The van der Waals surface area contributed by atoms with Crippen LogP contribution in [0.1, 0.15) is 25.0 Å². The standard InChI is InChI=1S/C21H24FN5O2.2C2HF3O2/c22-16-6-4-15(5-7-16)18-14-24-27-20(29)13-17(25-21(18)27)12-19(28)23-8-11-26-9-2-1-3-10-26;2*3-2(4,5)1(6)7/h4-7,13-14,24H,1-3,8-12H2,(H,23,28);2*(H,6,7). The maximum absolute atomic E-state index is 13.2. The number of alkyl halides is 6. The number of nitrogens with zero attached hydrogens (tertiary/aromatic N) is 3. The minimum atomic E-state index is -5.08. The summed E-state index contributed by atoms with van der Waals surface area (Å²) in [6.45, 7) is 3.60. The lowest BCUT2D eigenvalue weighted by molar-refractivity contribution is -0.193. The molecular weight excluding hydrogens is 599 g/mol. The Morgan fingerprint density at radius 1 is 0.930 bits per heavy atom. The summed E-state index contributed by atoms with van der Waals surface area (Å²) in [5.41, 5.74) is 1.95. The van der Waals surface area contributed by atoms with Gasteiger partial charge in [-0.05, 0) is 43.6 Å². The van der Waals surface area contributed by atoms with Crippen LogP contribution >= 0.6 is 0 Å². The largest absolute Gasteiger partial charge is 0.490 e. The molecule has 1 amide bonds. The molecule has 0 bridgehead atoms. The minimum absolute atomic E-state index is 0.0414. The van der Waals surface area contributed by atoms with Crippen LogP contribution in [-0.4, -0.2) is 86.1 Å². The molecule has 1 aliphatic heterocycles. The summed E-state index contributed by atoms with van der Waals surface area (Å²) in [4.78, 5) is 49.3. The van der Waals surface area contributed by atoms with Crippen molar-refractivity contribution in [2.24, 2.45) is 0 Å². The molecule has 18 heteroatoms. The molecule has 4 rings (SSSR count). The van der Waals surface area contributed by atoms with E-state index >= 15 is 0 Å². The van der Waals surface area contributed by atoms with E-state index in [0.29, 0.717) is 23.4 Å². The van der Waals surface area contributed by atoms with Gasteiger partial charge in [0.2, 0.25) is 5.91 Å². The van der Waals surface area contributed by atoms with Crippen molar-refractivity contribution in [1.82, 2.24) is 24.8 Å². The van der Waals surface area contributed by atoms with Gasteiger partial charge < -0.3 is 20.4 Å². The van der Waals surface area contributed by atoms with E-state index in [1.165, 1.54) is 42.0 Å². The predicted octanol–water partition coefficient (Wildman–Crippen LogP) is 3.24. The third-order valence-corrected chi connectivity index (χ3v) is 5.73. The van der Waals surface area contributed by atoms with E-state index in [1.807, 2.05) is 0 Å². The number of carbonyl (C=O) groups excluding carboxylic acids is 1. The fourth-order valence-electron chi connectivity index (χ4n) is 3.72. The van der Waals surface area contributed by atoms with Gasteiger partial charge in [-0.1, -0.05) is 18.6 Å². The number of rotatable bonds is 6. The van der Waals surface area contributed by atoms with Crippen molar-refractivity contribution in [3.05, 3.63) is 58.4 Å². The highest BCUT2D eigenvalue weighted by Crippen LogP contribution is 2.23. The Balaban J connectivity index is 0.000000384. The topological polar surface area (TPSA) is 157 Å². The molecule has 3 aromatic rings. The first kappa shape index (κ1) is 34.7. The molecule has 0 spiro atoms. The molecule has 0 atom stereocenters. The number of carboxylic acids is 2. The zero-order valence-electron chi connectivity index (χ0n) is 22.1. The maximum atomic E-state index is 13.2. The second-order valence-corrected chi connectivity index (χ2v) is 8.97. The number of hydrogen-bond donors (Lipinski definition) is 4. The van der Waals surface area contributed by atoms with Gasteiger partial charge in [-0.25, -0.2) is 23.5 Å². The minimum Gasteiger partial charge on any atom is -0.475 e. The molecular formula is C25H26F7N5O6. The maximum Gasteiger partial charge on any atom is 0.490 e. The highest BCUT2D eigenvalue weighted by molar-refractivity contribution is 5.80. The number of H-pyrrole nitrogens is 1. The van der Waals surface area contributed by atoms with Crippen LogP contribution in [0.15, 0.2) is 41.3 Å². The van der Waals surface area contributed by atoms with Crippen molar-refractivity contribution in [2.45, 2.75) is 38.0 Å². The van der Waals surface area contributed by atoms with Gasteiger partial charge in [0.1, 0.15) is 5.82 Å². The second kappa shape index (κ2) is 15.1. The molecule has 1 aromatic carbocycles. The Bertz CT molecular complexity index is 1420. The van der Waals surface area contributed by atoms with Gasteiger partial charge in [0.25, 0.3) is 5.56 Å². The Morgan fingerprint density at radius 2 is 1.47 bits per heavy atom. The van der Waals surface area contributed by atoms with Crippen LogP contribution in [0.2, 0.25) is 0 Å². The molecule has 1 fully saturated rings. The first-order chi connectivity index (χ1) is 20.0. The highest BCUT2D eigenvalue weighted by atomic mass is 19.4. The molecule has 11 nitrogen and oxygen atoms in total. The summed E-state index contributed by atoms with van der Waals surface area (Å²) in [7, 11) is 0. The number of likely N-dealkylation sites (tertiary alicyclic amines) is 1. The first-order valence-corrected chi connectivity index (χ1v) is 12.4. The monoisotopic (exact) mass is 625 g/mol. The van der Waals surface area contributed by atoms with Crippen LogP contribution in [0.4, 0.5) is 30.7 Å². The summed E-state index contributed by atoms with van der Waals surface area (Å²) in [5, 5.41) is 20.0. The third-order valence-electron chi connectivity index (χ3n) is 5.73. The SMILES string of the molecule is O=C(Cc1cc(=O)n2[nH]cc(-c3ccc(F)cc3)c2n1)NCCN1CCCCC1.O=C(O)C(F)(F)F.O=C(O)C(F)(F)F. The van der Waals surface area contributed by atoms with Crippen molar-refractivity contribution < 1.29 is 55.3 Å². The molecule has 0 saturated carbocycles. The van der Waals surface area contributed by atoms with Gasteiger partial charge in [-0.3, -0.25) is 14.7 Å². The average molecular weight is 625 g/mol. The normalized spacial score (nSPS) is 13.7. The lowest BCUT2D eigenvalue weighted by Crippen LogP contribution is -2.38. The van der Waals surface area contributed by atoms with E-state index in [1.54, 1.807) is 18.3 Å². The van der Waals surface area contributed by atoms with E-state index in [0.717, 1.165) is 25.2 Å². The number of hydrogen-bond acceptors (Lipinski definition) is 6. The number of aromatic amines is 1. The fourth-order valence-corrected chi connectivity index (χ4v) is 3.72.